The third-order valence-corrected chi connectivity index (χ3v) is 4.06. The molecule has 23 heavy (non-hydrogen) atoms. The van der Waals surface area contributed by atoms with Crippen LogP contribution in [0.3, 0.4) is 0 Å². The highest BCUT2D eigenvalue weighted by atomic mass is 19.3. The molecule has 1 aliphatic rings. The Morgan fingerprint density at radius 2 is 2.17 bits per heavy atom. The highest BCUT2D eigenvalue weighted by molar-refractivity contribution is 5.71. The average Bonchev–Trinajstić information content (AvgIpc) is 2.43. The van der Waals surface area contributed by atoms with Crippen molar-refractivity contribution in [2.45, 2.75) is 44.6 Å². The largest absolute Gasteiger partial charge is 0.481 e. The van der Waals surface area contributed by atoms with Crippen molar-refractivity contribution in [1.82, 2.24) is 0 Å². The average molecular weight is 328 g/mol. The lowest BCUT2D eigenvalue weighted by Gasteiger charge is -2.36. The molecule has 2 rings (SSSR count). The fourth-order valence-electron chi connectivity index (χ4n) is 2.66. The van der Waals surface area contributed by atoms with Gasteiger partial charge in [-0.1, -0.05) is 6.92 Å². The van der Waals surface area contributed by atoms with Crippen LogP contribution in [0.25, 0.3) is 0 Å². The van der Waals surface area contributed by atoms with Crippen LogP contribution >= 0.6 is 0 Å². The number of hydrogen-bond donors (Lipinski definition) is 2. The number of carboxylic acids is 1. The fraction of sp³-hybridized carbons (Fsp3) is 0.533. The van der Waals surface area contributed by atoms with Crippen molar-refractivity contribution in [3.05, 3.63) is 33.9 Å². The lowest BCUT2D eigenvalue weighted by atomic mass is 9.87. The van der Waals surface area contributed by atoms with Crippen molar-refractivity contribution in [2.75, 3.05) is 5.32 Å². The molecule has 2 N–H and O–H groups in total. The standard InChI is InChI=1S/C15H18F2N2O4/c1-2-9(14(20)21)5-10-6-12(19(22)23)3-4-13(10)18-11-7-15(16,17)8-11/h3-4,6,9,11,18H,2,5,7-8H2,1H3,(H,20,21). The van der Waals surface area contributed by atoms with Crippen LogP contribution in [0, 0.1) is 16.0 Å². The van der Waals surface area contributed by atoms with Crippen LogP contribution in [0.5, 0.6) is 0 Å². The minimum absolute atomic E-state index is 0.110. The number of nitrogens with zero attached hydrogens (tertiary/aromatic N) is 1. The SMILES string of the molecule is CCC(Cc1cc([N+](=O)[O-])ccc1NC1CC(F)(F)C1)C(=O)O. The molecule has 1 atom stereocenters. The predicted molar refractivity (Wildman–Crippen MR) is 79.8 cm³/mol. The number of hydrogen-bond acceptors (Lipinski definition) is 4. The molecule has 0 saturated heterocycles. The number of anilines is 1. The molecule has 1 aromatic carbocycles. The molecule has 1 saturated carbocycles. The van der Waals surface area contributed by atoms with E-state index in [0.29, 0.717) is 17.7 Å². The summed E-state index contributed by atoms with van der Waals surface area (Å²) in [5.41, 5.74) is 0.796. The van der Waals surface area contributed by atoms with Gasteiger partial charge in [-0.15, -0.1) is 0 Å². The van der Waals surface area contributed by atoms with E-state index in [1.165, 1.54) is 18.2 Å². The summed E-state index contributed by atoms with van der Waals surface area (Å²) in [7, 11) is 0. The number of carbonyl (C=O) groups is 1. The summed E-state index contributed by atoms with van der Waals surface area (Å²) >= 11 is 0. The third kappa shape index (κ3) is 4.14. The second-order valence-electron chi connectivity index (χ2n) is 5.85. The topological polar surface area (TPSA) is 92.5 Å². The number of nitro benzene ring substituents is 1. The normalized spacial score (nSPS) is 18.0. The molecule has 1 aliphatic carbocycles. The molecular formula is C15H18F2N2O4. The van der Waals surface area contributed by atoms with Gasteiger partial charge in [-0.25, -0.2) is 8.78 Å². The first kappa shape index (κ1) is 17.1. The van der Waals surface area contributed by atoms with E-state index in [1.807, 2.05) is 0 Å². The van der Waals surface area contributed by atoms with Crippen LogP contribution in [-0.4, -0.2) is 28.0 Å². The van der Waals surface area contributed by atoms with Crippen molar-refractivity contribution in [3.8, 4) is 0 Å². The van der Waals surface area contributed by atoms with E-state index in [2.05, 4.69) is 5.32 Å². The summed E-state index contributed by atoms with van der Waals surface area (Å²) in [5.74, 6) is -4.34. The van der Waals surface area contributed by atoms with Crippen LogP contribution in [0.4, 0.5) is 20.2 Å². The Labute approximate surface area is 131 Å². The van der Waals surface area contributed by atoms with Gasteiger partial charge in [-0.3, -0.25) is 14.9 Å². The maximum Gasteiger partial charge on any atom is 0.306 e. The molecule has 0 aromatic heterocycles. The Bertz CT molecular complexity index is 613. The number of benzene rings is 1. The third-order valence-electron chi connectivity index (χ3n) is 4.06. The highest BCUT2D eigenvalue weighted by Crippen LogP contribution is 2.40. The van der Waals surface area contributed by atoms with Crippen LogP contribution in [0.2, 0.25) is 0 Å². The molecule has 1 unspecified atom stereocenters. The zero-order valence-electron chi connectivity index (χ0n) is 12.6. The number of carboxylic acid groups (broad SMARTS) is 1. The summed E-state index contributed by atoms with van der Waals surface area (Å²) in [6.45, 7) is 1.72. The van der Waals surface area contributed by atoms with Crippen LogP contribution in [0.1, 0.15) is 31.7 Å². The molecule has 0 spiro atoms. The first-order valence-electron chi connectivity index (χ1n) is 7.36. The minimum Gasteiger partial charge on any atom is -0.481 e. The lowest BCUT2D eigenvalue weighted by Crippen LogP contribution is -2.44. The van der Waals surface area contributed by atoms with E-state index in [9.17, 15) is 23.7 Å². The van der Waals surface area contributed by atoms with Crippen molar-refractivity contribution in [2.24, 2.45) is 5.92 Å². The van der Waals surface area contributed by atoms with E-state index < -0.39 is 28.8 Å². The van der Waals surface area contributed by atoms with Gasteiger partial charge < -0.3 is 10.4 Å². The number of non-ortho nitro benzene ring substituents is 1. The number of halogens is 2. The van der Waals surface area contributed by atoms with Gasteiger partial charge in [0.05, 0.1) is 10.8 Å². The van der Waals surface area contributed by atoms with Crippen LogP contribution in [-0.2, 0) is 11.2 Å². The zero-order valence-corrected chi connectivity index (χ0v) is 12.6. The number of alkyl halides is 2. The molecule has 0 aliphatic heterocycles. The van der Waals surface area contributed by atoms with Gasteiger partial charge in [0.2, 0.25) is 0 Å². The van der Waals surface area contributed by atoms with E-state index in [1.54, 1.807) is 6.92 Å². The van der Waals surface area contributed by atoms with Gasteiger partial charge in [0.15, 0.2) is 0 Å². The summed E-state index contributed by atoms with van der Waals surface area (Å²) in [6, 6.07) is 3.64. The van der Waals surface area contributed by atoms with Gasteiger partial charge in [0.25, 0.3) is 11.6 Å². The van der Waals surface area contributed by atoms with E-state index in [4.69, 9.17) is 5.11 Å². The zero-order chi connectivity index (χ0) is 17.2. The van der Waals surface area contributed by atoms with E-state index in [-0.39, 0.29) is 24.9 Å². The summed E-state index contributed by atoms with van der Waals surface area (Å²) in [4.78, 5) is 21.5. The Balaban J connectivity index is 2.22. The monoisotopic (exact) mass is 328 g/mol. The lowest BCUT2D eigenvalue weighted by molar-refractivity contribution is -0.384. The van der Waals surface area contributed by atoms with Crippen molar-refractivity contribution in [1.29, 1.82) is 0 Å². The molecule has 0 heterocycles. The van der Waals surface area contributed by atoms with Crippen LogP contribution in [0.15, 0.2) is 18.2 Å². The van der Waals surface area contributed by atoms with Gasteiger partial charge in [-0.05, 0) is 24.5 Å². The van der Waals surface area contributed by atoms with Gasteiger partial charge in [-0.2, -0.15) is 0 Å². The molecule has 0 radical (unpaired) electrons. The molecule has 6 nitrogen and oxygen atoms in total. The van der Waals surface area contributed by atoms with Gasteiger partial charge >= 0.3 is 5.97 Å². The molecule has 1 fully saturated rings. The molecule has 126 valence electrons. The maximum atomic E-state index is 12.9. The number of nitrogens with one attached hydrogen (secondary N) is 1. The summed E-state index contributed by atoms with van der Waals surface area (Å²) in [6.07, 6.45) is -0.100. The molecule has 0 amide bonds. The molecule has 0 bridgehead atoms. The smallest absolute Gasteiger partial charge is 0.306 e. The number of rotatable bonds is 7. The summed E-state index contributed by atoms with van der Waals surface area (Å²) < 4.78 is 25.9. The van der Waals surface area contributed by atoms with Crippen LogP contribution < -0.4 is 5.32 Å². The van der Waals surface area contributed by atoms with Crippen molar-refractivity contribution in [3.63, 3.8) is 0 Å². The van der Waals surface area contributed by atoms with Crippen molar-refractivity contribution < 1.29 is 23.6 Å². The molecule has 1 aromatic rings. The fourth-order valence-corrected chi connectivity index (χ4v) is 2.66. The first-order valence-corrected chi connectivity index (χ1v) is 7.36. The molecular weight excluding hydrogens is 310 g/mol. The van der Waals surface area contributed by atoms with Gasteiger partial charge in [0, 0.05) is 36.7 Å². The Kier molecular flexibility index (Phi) is 4.82. The van der Waals surface area contributed by atoms with Crippen molar-refractivity contribution >= 4 is 17.3 Å². The number of aliphatic carboxylic acids is 1. The minimum atomic E-state index is -2.67. The Hall–Kier alpha value is -2.25. The highest BCUT2D eigenvalue weighted by Gasteiger charge is 2.45. The second kappa shape index (κ2) is 6.47. The summed E-state index contributed by atoms with van der Waals surface area (Å²) in [5, 5.41) is 23.0. The van der Waals surface area contributed by atoms with E-state index >= 15 is 0 Å². The Morgan fingerprint density at radius 1 is 1.52 bits per heavy atom. The quantitative estimate of drug-likeness (QED) is 0.591. The van der Waals surface area contributed by atoms with Gasteiger partial charge in [0.1, 0.15) is 0 Å². The second-order valence-corrected chi connectivity index (χ2v) is 5.85. The molecule has 8 heteroatoms. The van der Waals surface area contributed by atoms with E-state index in [0.717, 1.165) is 0 Å². The predicted octanol–water partition coefficient (Wildman–Crippen LogP) is 3.46. The number of nitro groups is 1. The Morgan fingerprint density at radius 3 is 2.65 bits per heavy atom. The maximum absolute atomic E-state index is 12.9. The first-order chi connectivity index (χ1) is 10.7.